The van der Waals surface area contributed by atoms with E-state index in [0.717, 1.165) is 12.2 Å². The van der Waals surface area contributed by atoms with E-state index < -0.39 is 24.3 Å². The van der Waals surface area contributed by atoms with Crippen molar-refractivity contribution < 1.29 is 22.4 Å². The molecular weight excluding hydrogens is 188 g/mol. The van der Waals surface area contributed by atoms with Crippen LogP contribution in [0.2, 0.25) is 0 Å². The zero-order valence-electron chi connectivity index (χ0n) is 6.44. The molecule has 0 aromatic carbocycles. The highest BCUT2D eigenvalue weighted by Gasteiger charge is 2.39. The maximum Gasteiger partial charge on any atom is 0.395 e. The Morgan fingerprint density at radius 2 is 2.08 bits per heavy atom. The maximum atomic E-state index is 12.6. The van der Waals surface area contributed by atoms with Gasteiger partial charge in [-0.25, -0.2) is 4.39 Å². The Morgan fingerprint density at radius 1 is 1.46 bits per heavy atom. The number of rotatable bonds is 1. The average molecular weight is 194 g/mol. The number of allylic oxidation sites excluding steroid dienone is 4. The van der Waals surface area contributed by atoms with Gasteiger partial charge in [0.2, 0.25) is 0 Å². The first kappa shape index (κ1) is 9.95. The summed E-state index contributed by atoms with van der Waals surface area (Å²) in [6.45, 7) is 0. The summed E-state index contributed by atoms with van der Waals surface area (Å²) in [4.78, 5) is 10.1. The van der Waals surface area contributed by atoms with Crippen LogP contribution in [-0.2, 0) is 4.79 Å². The highest BCUT2D eigenvalue weighted by Crippen LogP contribution is 2.35. The molecule has 1 nitrogen and oxygen atoms in total. The van der Waals surface area contributed by atoms with Gasteiger partial charge >= 0.3 is 6.18 Å². The smallest absolute Gasteiger partial charge is 0.298 e. The molecule has 0 saturated heterocycles. The molecule has 0 amide bonds. The first-order valence-corrected chi connectivity index (χ1v) is 3.53. The van der Waals surface area contributed by atoms with E-state index in [9.17, 15) is 22.4 Å². The van der Waals surface area contributed by atoms with Gasteiger partial charge in [0.1, 0.15) is 12.1 Å². The molecule has 1 rings (SSSR count). The van der Waals surface area contributed by atoms with Gasteiger partial charge in [0.15, 0.2) is 0 Å². The van der Waals surface area contributed by atoms with Crippen molar-refractivity contribution in [3.05, 3.63) is 23.6 Å². The first-order valence-electron chi connectivity index (χ1n) is 3.53. The zero-order chi connectivity index (χ0) is 10.1. The van der Waals surface area contributed by atoms with Gasteiger partial charge in [-0.05, 0) is 6.08 Å². The van der Waals surface area contributed by atoms with E-state index in [1.807, 2.05) is 0 Å². The Labute approximate surface area is 71.7 Å². The number of hydrogen-bond acceptors (Lipinski definition) is 1. The van der Waals surface area contributed by atoms with Gasteiger partial charge in [0.25, 0.3) is 0 Å². The molecule has 0 N–H and O–H groups in total. The van der Waals surface area contributed by atoms with Crippen LogP contribution >= 0.6 is 0 Å². The fourth-order valence-electron chi connectivity index (χ4n) is 1.07. The fourth-order valence-corrected chi connectivity index (χ4v) is 1.07. The molecule has 13 heavy (non-hydrogen) atoms. The predicted octanol–water partition coefficient (Wildman–Crippen LogP) is 2.55. The fraction of sp³-hybridized carbons (Fsp3) is 0.375. The summed E-state index contributed by atoms with van der Waals surface area (Å²) < 4.78 is 48.8. The van der Waals surface area contributed by atoms with E-state index in [1.165, 1.54) is 0 Å². The van der Waals surface area contributed by atoms with E-state index in [1.54, 1.807) is 0 Å². The monoisotopic (exact) mass is 194 g/mol. The van der Waals surface area contributed by atoms with Crippen LogP contribution in [0.5, 0.6) is 0 Å². The molecular formula is C8H6F4O. The van der Waals surface area contributed by atoms with Gasteiger partial charge in [-0.3, -0.25) is 4.79 Å². The van der Waals surface area contributed by atoms with Crippen molar-refractivity contribution in [1.82, 2.24) is 0 Å². The van der Waals surface area contributed by atoms with Gasteiger partial charge < -0.3 is 0 Å². The van der Waals surface area contributed by atoms with Crippen molar-refractivity contribution in [3.63, 3.8) is 0 Å². The summed E-state index contributed by atoms with van der Waals surface area (Å²) in [7, 11) is 0. The second-order valence-corrected chi connectivity index (χ2v) is 2.73. The van der Waals surface area contributed by atoms with Crippen molar-refractivity contribution >= 4 is 6.29 Å². The Kier molecular flexibility index (Phi) is 2.54. The minimum Gasteiger partial charge on any atom is -0.298 e. The van der Waals surface area contributed by atoms with Crippen molar-refractivity contribution in [2.75, 3.05) is 0 Å². The van der Waals surface area contributed by atoms with Crippen LogP contribution in [0.15, 0.2) is 23.6 Å². The first-order chi connectivity index (χ1) is 5.93. The summed E-state index contributed by atoms with van der Waals surface area (Å²) in [5.74, 6) is -2.79. The van der Waals surface area contributed by atoms with E-state index in [4.69, 9.17) is 0 Å². The Morgan fingerprint density at radius 3 is 2.54 bits per heavy atom. The van der Waals surface area contributed by atoms with E-state index in [0.29, 0.717) is 0 Å². The number of alkyl halides is 3. The van der Waals surface area contributed by atoms with E-state index in [-0.39, 0.29) is 11.9 Å². The van der Waals surface area contributed by atoms with Crippen LogP contribution in [0.4, 0.5) is 17.6 Å². The SMILES string of the molecule is O=CC1=CC(C(F)(F)F)CC(F)=C1. The van der Waals surface area contributed by atoms with Gasteiger partial charge in [-0.2, -0.15) is 13.2 Å². The molecule has 5 heteroatoms. The lowest BCUT2D eigenvalue weighted by Crippen LogP contribution is -2.23. The van der Waals surface area contributed by atoms with Gasteiger partial charge in [-0.15, -0.1) is 0 Å². The minimum atomic E-state index is -4.49. The van der Waals surface area contributed by atoms with Crippen molar-refractivity contribution in [1.29, 1.82) is 0 Å². The molecule has 0 heterocycles. The topological polar surface area (TPSA) is 17.1 Å². The van der Waals surface area contributed by atoms with Crippen LogP contribution in [0.1, 0.15) is 6.42 Å². The van der Waals surface area contributed by atoms with Crippen molar-refractivity contribution in [2.45, 2.75) is 12.6 Å². The Bertz CT molecular complexity index is 274. The van der Waals surface area contributed by atoms with Crippen molar-refractivity contribution in [2.24, 2.45) is 5.92 Å². The highest BCUT2D eigenvalue weighted by atomic mass is 19.4. The molecule has 0 aliphatic heterocycles. The summed E-state index contributed by atoms with van der Waals surface area (Å²) in [5, 5.41) is 0. The van der Waals surface area contributed by atoms with Gasteiger partial charge in [-0.1, -0.05) is 6.08 Å². The third kappa shape index (κ3) is 2.40. The largest absolute Gasteiger partial charge is 0.395 e. The summed E-state index contributed by atoms with van der Waals surface area (Å²) in [5.41, 5.74) is -0.258. The van der Waals surface area contributed by atoms with Crippen LogP contribution in [-0.4, -0.2) is 12.5 Å². The van der Waals surface area contributed by atoms with Crippen LogP contribution in [0.3, 0.4) is 0 Å². The molecule has 72 valence electrons. The Balaban J connectivity index is 2.90. The minimum absolute atomic E-state index is 0.206. The molecule has 0 saturated carbocycles. The zero-order valence-corrected chi connectivity index (χ0v) is 6.44. The number of carbonyl (C=O) groups excluding carboxylic acids is 1. The summed E-state index contributed by atoms with van der Waals surface area (Å²) >= 11 is 0. The van der Waals surface area contributed by atoms with Crippen LogP contribution in [0.25, 0.3) is 0 Å². The molecule has 1 aliphatic rings. The number of halogens is 4. The molecule has 1 atom stereocenters. The van der Waals surface area contributed by atoms with Crippen LogP contribution in [0, 0.1) is 5.92 Å². The molecule has 0 bridgehead atoms. The lowest BCUT2D eigenvalue weighted by atomic mass is 9.95. The lowest BCUT2D eigenvalue weighted by Gasteiger charge is -2.18. The molecule has 1 unspecified atom stereocenters. The quantitative estimate of drug-likeness (QED) is 0.463. The van der Waals surface area contributed by atoms with E-state index in [2.05, 4.69) is 0 Å². The molecule has 0 spiro atoms. The predicted molar refractivity (Wildman–Crippen MR) is 37.5 cm³/mol. The molecule has 0 fully saturated rings. The third-order valence-electron chi connectivity index (χ3n) is 1.69. The number of carbonyl (C=O) groups is 1. The average Bonchev–Trinajstić information content (AvgIpc) is 2.01. The lowest BCUT2D eigenvalue weighted by molar-refractivity contribution is -0.161. The maximum absolute atomic E-state index is 12.6. The number of aldehydes is 1. The summed E-state index contributed by atoms with van der Waals surface area (Å²) in [6.07, 6.45) is -3.44. The normalized spacial score (nSPS) is 23.5. The van der Waals surface area contributed by atoms with Crippen molar-refractivity contribution in [3.8, 4) is 0 Å². The van der Waals surface area contributed by atoms with Crippen LogP contribution < -0.4 is 0 Å². The third-order valence-corrected chi connectivity index (χ3v) is 1.69. The van der Waals surface area contributed by atoms with Gasteiger partial charge in [0, 0.05) is 12.0 Å². The highest BCUT2D eigenvalue weighted by molar-refractivity contribution is 5.78. The van der Waals surface area contributed by atoms with E-state index >= 15 is 0 Å². The molecule has 1 aliphatic carbocycles. The second kappa shape index (κ2) is 3.32. The Hall–Kier alpha value is -1.13. The molecule has 0 aromatic heterocycles. The second-order valence-electron chi connectivity index (χ2n) is 2.73. The summed E-state index contributed by atoms with van der Waals surface area (Å²) in [6, 6.07) is 0. The molecule has 0 aromatic rings. The number of hydrogen-bond donors (Lipinski definition) is 0. The standard InChI is InChI=1S/C8H6F4O/c9-7-2-5(4-13)1-6(3-7)8(10,11)12/h1-2,4,6H,3H2. The van der Waals surface area contributed by atoms with Gasteiger partial charge in [0.05, 0.1) is 5.92 Å². The molecule has 0 radical (unpaired) electrons.